The van der Waals surface area contributed by atoms with Gasteiger partial charge in [0.2, 0.25) is 0 Å². The van der Waals surface area contributed by atoms with E-state index < -0.39 is 30.0 Å². The van der Waals surface area contributed by atoms with Crippen molar-refractivity contribution in [2.45, 2.75) is 9.79 Å². The number of azo groups is 1. The molecule has 10 heteroatoms. The molecule has 2 aromatic rings. The number of fused-ring (bicyclic) bond motifs is 1. The molecule has 2 rings (SSSR count). The summed E-state index contributed by atoms with van der Waals surface area (Å²) in [5, 5.41) is 6.95. The summed E-state index contributed by atoms with van der Waals surface area (Å²) < 4.78 is 64.1. The fourth-order valence-electron chi connectivity index (χ4n) is 1.92. The highest BCUT2D eigenvalue weighted by Gasteiger charge is 2.21. The van der Waals surface area contributed by atoms with E-state index in [2.05, 4.69) is 10.2 Å². The van der Waals surface area contributed by atoms with Gasteiger partial charge in [0.05, 0.1) is 5.69 Å². The molecule has 0 unspecified atom stereocenters. The van der Waals surface area contributed by atoms with Gasteiger partial charge in [-0.3, -0.25) is 9.11 Å². The molecule has 0 fully saturated rings. The summed E-state index contributed by atoms with van der Waals surface area (Å²) in [6.45, 7) is 0. The lowest BCUT2D eigenvalue weighted by atomic mass is 10.1. The minimum absolute atomic E-state index is 0.0220. The van der Waals surface area contributed by atoms with E-state index in [0.29, 0.717) is 0 Å². The molecule has 0 saturated carbocycles. The number of nitrogens with zero attached hydrogens (tertiary/aromatic N) is 2. The summed E-state index contributed by atoms with van der Waals surface area (Å²) in [6.07, 6.45) is 0. The first-order valence-electron chi connectivity index (χ1n) is 5.46. The third-order valence-electron chi connectivity index (χ3n) is 2.67. The molecule has 2 N–H and O–H groups in total. The van der Waals surface area contributed by atoms with E-state index in [0.717, 1.165) is 12.1 Å². The normalized spacial score (nSPS) is 13.1. The number of benzene rings is 2. The van der Waals surface area contributed by atoms with Gasteiger partial charge in [-0.05, 0) is 18.2 Å². The first-order chi connectivity index (χ1) is 9.64. The van der Waals surface area contributed by atoms with Crippen LogP contribution in [0.25, 0.3) is 10.8 Å². The maximum absolute atomic E-state index is 11.4. The summed E-state index contributed by atoms with van der Waals surface area (Å²) in [5.74, 6) is 0. The quantitative estimate of drug-likeness (QED) is 0.653. The van der Waals surface area contributed by atoms with Gasteiger partial charge in [-0.25, -0.2) is 0 Å². The van der Waals surface area contributed by atoms with E-state index in [1.165, 1.54) is 25.2 Å². The van der Waals surface area contributed by atoms with E-state index in [1.54, 1.807) is 0 Å². The van der Waals surface area contributed by atoms with Crippen molar-refractivity contribution < 1.29 is 25.9 Å². The second-order valence-corrected chi connectivity index (χ2v) is 6.83. The summed E-state index contributed by atoms with van der Waals surface area (Å²) in [6, 6.07) is 5.97. The standard InChI is InChI=1S/C11H10N2O6S2/c1-12-13-7-5-9-8(11(6-7)21(17,18)19)3-2-4-10(9)20(14,15)16/h2-6H,1H3,(H,14,15,16)(H,17,18,19). The van der Waals surface area contributed by atoms with Crippen LogP contribution in [0.1, 0.15) is 0 Å². The van der Waals surface area contributed by atoms with Gasteiger partial charge in [0, 0.05) is 17.8 Å². The van der Waals surface area contributed by atoms with E-state index in [-0.39, 0.29) is 16.5 Å². The Morgan fingerprint density at radius 1 is 0.905 bits per heavy atom. The molecule has 2 aromatic carbocycles. The average molecular weight is 330 g/mol. The third-order valence-corrected chi connectivity index (χ3v) is 4.48. The maximum Gasteiger partial charge on any atom is 0.295 e. The van der Waals surface area contributed by atoms with Crippen molar-refractivity contribution >= 4 is 36.7 Å². The van der Waals surface area contributed by atoms with E-state index in [1.807, 2.05) is 0 Å². The highest BCUT2D eigenvalue weighted by Crippen LogP contribution is 2.32. The molecule has 0 spiro atoms. The van der Waals surface area contributed by atoms with Crippen LogP contribution in [0, 0.1) is 0 Å². The Kier molecular flexibility index (Phi) is 3.80. The van der Waals surface area contributed by atoms with Crippen molar-refractivity contribution in [2.75, 3.05) is 7.05 Å². The highest BCUT2D eigenvalue weighted by molar-refractivity contribution is 7.86. The van der Waals surface area contributed by atoms with Crippen LogP contribution in [0.15, 0.2) is 50.4 Å². The van der Waals surface area contributed by atoms with Crippen LogP contribution in [0.2, 0.25) is 0 Å². The molecule has 0 aliphatic rings. The third kappa shape index (κ3) is 3.08. The van der Waals surface area contributed by atoms with Crippen molar-refractivity contribution in [1.29, 1.82) is 0 Å². The van der Waals surface area contributed by atoms with Gasteiger partial charge >= 0.3 is 0 Å². The molecule has 0 aliphatic heterocycles. The molecule has 0 saturated heterocycles. The molecule has 0 aliphatic carbocycles. The van der Waals surface area contributed by atoms with Crippen LogP contribution >= 0.6 is 0 Å². The van der Waals surface area contributed by atoms with Crippen molar-refractivity contribution in [3.63, 3.8) is 0 Å². The number of hydrogen-bond donors (Lipinski definition) is 2. The Bertz CT molecular complexity index is 948. The summed E-state index contributed by atoms with van der Waals surface area (Å²) in [5.41, 5.74) is 0.0220. The Labute approximate surface area is 120 Å². The van der Waals surface area contributed by atoms with Crippen molar-refractivity contribution in [3.8, 4) is 0 Å². The topological polar surface area (TPSA) is 133 Å². The minimum atomic E-state index is -4.61. The summed E-state index contributed by atoms with van der Waals surface area (Å²) in [7, 11) is -7.84. The molecule has 8 nitrogen and oxygen atoms in total. The molecule has 21 heavy (non-hydrogen) atoms. The monoisotopic (exact) mass is 330 g/mol. The number of rotatable bonds is 3. The molecule has 0 atom stereocenters. The Morgan fingerprint density at radius 3 is 2.05 bits per heavy atom. The second-order valence-electron chi connectivity index (χ2n) is 4.05. The molecular weight excluding hydrogens is 320 g/mol. The van der Waals surface area contributed by atoms with Gasteiger partial charge in [0.1, 0.15) is 9.79 Å². The first-order valence-corrected chi connectivity index (χ1v) is 8.34. The lowest BCUT2D eigenvalue weighted by Crippen LogP contribution is -2.03. The lowest BCUT2D eigenvalue weighted by molar-refractivity contribution is 0.481. The van der Waals surface area contributed by atoms with Crippen LogP contribution in [-0.2, 0) is 20.2 Å². The SMILES string of the molecule is CN=Nc1cc(S(=O)(=O)O)c2cccc(S(=O)(=O)O)c2c1. The lowest BCUT2D eigenvalue weighted by Gasteiger charge is -2.08. The predicted octanol–water partition coefficient (Wildman–Crippen LogP) is 2.05. The number of hydrogen-bond acceptors (Lipinski definition) is 6. The molecular formula is C11H10N2O6S2. The van der Waals surface area contributed by atoms with Crippen LogP contribution < -0.4 is 0 Å². The van der Waals surface area contributed by atoms with Gasteiger partial charge in [-0.1, -0.05) is 12.1 Å². The molecule has 0 radical (unpaired) electrons. The van der Waals surface area contributed by atoms with Crippen LogP contribution in [0.3, 0.4) is 0 Å². The van der Waals surface area contributed by atoms with Gasteiger partial charge in [0.15, 0.2) is 0 Å². The highest BCUT2D eigenvalue weighted by atomic mass is 32.2. The Hall–Kier alpha value is -1.88. The van der Waals surface area contributed by atoms with Crippen molar-refractivity contribution in [1.82, 2.24) is 0 Å². The largest absolute Gasteiger partial charge is 0.295 e. The van der Waals surface area contributed by atoms with Crippen molar-refractivity contribution in [3.05, 3.63) is 30.3 Å². The summed E-state index contributed by atoms with van der Waals surface area (Å²) in [4.78, 5) is -1.01. The van der Waals surface area contributed by atoms with Crippen LogP contribution in [0.5, 0.6) is 0 Å². The molecule has 112 valence electrons. The van der Waals surface area contributed by atoms with Gasteiger partial charge in [0.25, 0.3) is 20.2 Å². The molecule has 0 bridgehead atoms. The average Bonchev–Trinajstić information content (AvgIpc) is 2.35. The minimum Gasteiger partial charge on any atom is -0.282 e. The smallest absolute Gasteiger partial charge is 0.282 e. The van der Waals surface area contributed by atoms with E-state index in [9.17, 15) is 25.9 Å². The fraction of sp³-hybridized carbons (Fsp3) is 0.0909. The molecule has 0 heterocycles. The first kappa shape index (κ1) is 15.5. The zero-order valence-corrected chi connectivity index (χ0v) is 12.3. The Balaban J connectivity index is 3.06. The van der Waals surface area contributed by atoms with Gasteiger partial charge in [-0.15, -0.1) is 0 Å². The van der Waals surface area contributed by atoms with Crippen LogP contribution in [-0.4, -0.2) is 33.0 Å². The molecule has 0 aromatic heterocycles. The zero-order chi connectivity index (χ0) is 15.8. The fourth-order valence-corrected chi connectivity index (χ4v) is 3.34. The van der Waals surface area contributed by atoms with Crippen molar-refractivity contribution in [2.24, 2.45) is 10.2 Å². The van der Waals surface area contributed by atoms with Gasteiger partial charge in [-0.2, -0.15) is 27.1 Å². The maximum atomic E-state index is 11.4. The van der Waals surface area contributed by atoms with E-state index in [4.69, 9.17) is 0 Å². The zero-order valence-electron chi connectivity index (χ0n) is 10.6. The summed E-state index contributed by atoms with van der Waals surface area (Å²) >= 11 is 0. The Morgan fingerprint density at radius 2 is 1.52 bits per heavy atom. The predicted molar refractivity (Wildman–Crippen MR) is 74.0 cm³/mol. The molecule has 0 amide bonds. The second kappa shape index (κ2) is 5.15. The van der Waals surface area contributed by atoms with E-state index >= 15 is 0 Å². The van der Waals surface area contributed by atoms with Crippen LogP contribution in [0.4, 0.5) is 5.69 Å². The van der Waals surface area contributed by atoms with Gasteiger partial charge < -0.3 is 0 Å².